The maximum Gasteiger partial charge on any atom is 0.346 e. The molecule has 1 saturated carbocycles. The van der Waals surface area contributed by atoms with Crippen LogP contribution in [-0.4, -0.2) is 35.6 Å². The van der Waals surface area contributed by atoms with Crippen molar-refractivity contribution in [2.75, 3.05) is 19.6 Å². The Morgan fingerprint density at radius 2 is 1.67 bits per heavy atom. The molecular formula is C32H37NO2S. The van der Waals surface area contributed by atoms with Crippen molar-refractivity contribution in [3.8, 4) is 10.4 Å². The van der Waals surface area contributed by atoms with E-state index in [1.165, 1.54) is 73.0 Å². The molecule has 0 amide bonds. The van der Waals surface area contributed by atoms with Crippen molar-refractivity contribution in [1.29, 1.82) is 0 Å². The Labute approximate surface area is 219 Å². The minimum Gasteiger partial charge on any atom is -0.477 e. The molecule has 2 aliphatic rings. The number of aryl methyl sites for hydroxylation is 1. The van der Waals surface area contributed by atoms with Crippen LogP contribution in [0.3, 0.4) is 0 Å². The first kappa shape index (κ1) is 25.0. The number of carbonyl (C=O) groups is 1. The molecule has 3 aromatic rings. The van der Waals surface area contributed by atoms with Crippen LogP contribution < -0.4 is 0 Å². The monoisotopic (exact) mass is 499 g/mol. The lowest BCUT2D eigenvalue weighted by molar-refractivity contribution is 0.0702. The summed E-state index contributed by atoms with van der Waals surface area (Å²) < 4.78 is 0. The molecule has 36 heavy (non-hydrogen) atoms. The average Bonchev–Trinajstić information content (AvgIpc) is 3.39. The first-order valence-corrected chi connectivity index (χ1v) is 14.4. The van der Waals surface area contributed by atoms with E-state index >= 15 is 0 Å². The van der Waals surface area contributed by atoms with Crippen LogP contribution in [0, 0.1) is 5.92 Å². The lowest BCUT2D eigenvalue weighted by Gasteiger charge is -2.36. The van der Waals surface area contributed by atoms with Crippen LogP contribution >= 0.6 is 11.3 Å². The van der Waals surface area contributed by atoms with Crippen molar-refractivity contribution in [1.82, 2.24) is 4.90 Å². The van der Waals surface area contributed by atoms with Gasteiger partial charge in [-0.2, -0.15) is 0 Å². The summed E-state index contributed by atoms with van der Waals surface area (Å²) in [6.07, 6.45) is 10.9. The third-order valence-electron chi connectivity index (χ3n) is 7.90. The minimum absolute atomic E-state index is 0.508. The lowest BCUT2D eigenvalue weighted by atomic mass is 9.78. The van der Waals surface area contributed by atoms with Crippen molar-refractivity contribution in [3.63, 3.8) is 0 Å². The van der Waals surface area contributed by atoms with Crippen LogP contribution in [0.4, 0.5) is 0 Å². The SMILES string of the molecule is O=C(O)c1sc(-c2ccccc2)cc1C1=C(C2CCCCC2)CN(CCCCc2ccccc2)CC1. The fourth-order valence-electron chi connectivity index (χ4n) is 6.00. The Morgan fingerprint density at radius 3 is 2.39 bits per heavy atom. The molecule has 1 aliphatic heterocycles. The highest BCUT2D eigenvalue weighted by Crippen LogP contribution is 2.43. The number of rotatable bonds is 9. The molecule has 0 spiro atoms. The Morgan fingerprint density at radius 1 is 0.944 bits per heavy atom. The maximum atomic E-state index is 12.3. The van der Waals surface area contributed by atoms with Crippen molar-refractivity contribution < 1.29 is 9.90 Å². The number of unbranched alkanes of at least 4 members (excludes halogenated alkanes) is 1. The zero-order valence-electron chi connectivity index (χ0n) is 21.1. The standard InChI is InChI=1S/C32H37NO2S/c34-32(35)31-28(22-30(36-31)26-17-8-3-9-18-26)27-19-21-33(23-29(27)25-15-6-2-7-16-25)20-11-10-14-24-12-4-1-5-13-24/h1,3-5,8-9,12-13,17-18,22,25H,2,6-7,10-11,14-16,19-21,23H2,(H,34,35). The van der Waals surface area contributed by atoms with Crippen molar-refractivity contribution in [2.45, 2.75) is 57.8 Å². The van der Waals surface area contributed by atoms with Crippen molar-refractivity contribution in [2.24, 2.45) is 5.92 Å². The third-order valence-corrected chi connectivity index (χ3v) is 9.07. The summed E-state index contributed by atoms with van der Waals surface area (Å²) in [5, 5.41) is 10.1. The van der Waals surface area contributed by atoms with E-state index in [2.05, 4.69) is 53.4 Å². The molecule has 1 aliphatic carbocycles. The summed E-state index contributed by atoms with van der Waals surface area (Å²) in [5.74, 6) is -0.196. The summed E-state index contributed by atoms with van der Waals surface area (Å²) in [5.41, 5.74) is 6.37. The van der Waals surface area contributed by atoms with Crippen LogP contribution in [0.15, 0.2) is 72.3 Å². The van der Waals surface area contributed by atoms with E-state index in [9.17, 15) is 9.90 Å². The number of aromatic carboxylic acids is 1. The molecule has 5 rings (SSSR count). The summed E-state index contributed by atoms with van der Waals surface area (Å²) in [6, 6.07) is 23.2. The highest BCUT2D eigenvalue weighted by atomic mass is 32.1. The number of carboxylic acids is 1. The summed E-state index contributed by atoms with van der Waals surface area (Å²) in [4.78, 5) is 16.5. The number of benzene rings is 2. The molecule has 188 valence electrons. The molecule has 3 nitrogen and oxygen atoms in total. The van der Waals surface area contributed by atoms with E-state index < -0.39 is 5.97 Å². The van der Waals surface area contributed by atoms with Gasteiger partial charge in [0.1, 0.15) is 4.88 Å². The van der Waals surface area contributed by atoms with Crippen LogP contribution in [0.1, 0.15) is 72.2 Å². The zero-order chi connectivity index (χ0) is 24.7. The van der Waals surface area contributed by atoms with Gasteiger partial charge in [-0.05, 0) is 79.3 Å². The van der Waals surface area contributed by atoms with Crippen LogP contribution in [0.25, 0.3) is 16.0 Å². The van der Waals surface area contributed by atoms with Crippen LogP contribution in [-0.2, 0) is 6.42 Å². The van der Waals surface area contributed by atoms with Gasteiger partial charge in [-0.15, -0.1) is 11.3 Å². The van der Waals surface area contributed by atoms with Gasteiger partial charge in [0, 0.05) is 23.5 Å². The topological polar surface area (TPSA) is 40.5 Å². The molecule has 2 heterocycles. The predicted molar refractivity (Wildman–Crippen MR) is 151 cm³/mol. The number of hydrogen-bond acceptors (Lipinski definition) is 3. The smallest absolute Gasteiger partial charge is 0.346 e. The fraction of sp³-hybridized carbons (Fsp3) is 0.406. The number of nitrogens with zero attached hydrogens (tertiary/aromatic N) is 1. The molecule has 0 bridgehead atoms. The van der Waals surface area contributed by atoms with Gasteiger partial charge in [0.25, 0.3) is 0 Å². The summed E-state index contributed by atoms with van der Waals surface area (Å²) >= 11 is 1.43. The van der Waals surface area contributed by atoms with Gasteiger partial charge in [0.05, 0.1) is 0 Å². The van der Waals surface area contributed by atoms with Crippen molar-refractivity contribution >= 4 is 22.9 Å². The normalized spacial score (nSPS) is 17.4. The van der Waals surface area contributed by atoms with E-state index in [1.807, 2.05) is 18.2 Å². The van der Waals surface area contributed by atoms with Crippen LogP contribution in [0.2, 0.25) is 0 Å². The highest BCUT2D eigenvalue weighted by Gasteiger charge is 2.30. The van der Waals surface area contributed by atoms with E-state index in [-0.39, 0.29) is 0 Å². The first-order chi connectivity index (χ1) is 17.7. The van der Waals surface area contributed by atoms with Gasteiger partial charge in [-0.3, -0.25) is 4.90 Å². The van der Waals surface area contributed by atoms with Gasteiger partial charge >= 0.3 is 5.97 Å². The Bertz CT molecular complexity index is 1180. The molecule has 4 heteroatoms. The highest BCUT2D eigenvalue weighted by molar-refractivity contribution is 7.17. The summed E-state index contributed by atoms with van der Waals surface area (Å²) in [7, 11) is 0. The van der Waals surface area contributed by atoms with E-state index in [1.54, 1.807) is 0 Å². The minimum atomic E-state index is -0.795. The summed E-state index contributed by atoms with van der Waals surface area (Å²) in [6.45, 7) is 3.15. The second-order valence-electron chi connectivity index (χ2n) is 10.3. The third kappa shape index (κ3) is 5.99. The zero-order valence-corrected chi connectivity index (χ0v) is 21.9. The Balaban J connectivity index is 1.37. The van der Waals surface area contributed by atoms with E-state index in [0.717, 1.165) is 48.5 Å². The molecule has 0 radical (unpaired) electrons. The number of carboxylic acid groups (broad SMARTS) is 1. The number of hydrogen-bond donors (Lipinski definition) is 1. The Hall–Kier alpha value is -2.69. The molecule has 0 atom stereocenters. The van der Waals surface area contributed by atoms with Gasteiger partial charge < -0.3 is 5.11 Å². The maximum absolute atomic E-state index is 12.3. The quantitative estimate of drug-likeness (QED) is 0.302. The molecule has 1 aromatic heterocycles. The predicted octanol–water partition coefficient (Wildman–Crippen LogP) is 8.18. The Kier molecular flexibility index (Phi) is 8.35. The number of thiophene rings is 1. The second kappa shape index (κ2) is 12.0. The molecule has 2 aromatic carbocycles. The van der Waals surface area contributed by atoms with Gasteiger partial charge in [0.2, 0.25) is 0 Å². The largest absolute Gasteiger partial charge is 0.477 e. The first-order valence-electron chi connectivity index (χ1n) is 13.6. The van der Waals surface area contributed by atoms with Gasteiger partial charge in [-0.1, -0.05) is 79.9 Å². The van der Waals surface area contributed by atoms with Gasteiger partial charge in [0.15, 0.2) is 0 Å². The molecule has 1 N–H and O–H groups in total. The molecule has 0 unspecified atom stereocenters. The van der Waals surface area contributed by atoms with E-state index in [0.29, 0.717) is 10.8 Å². The van der Waals surface area contributed by atoms with Gasteiger partial charge in [-0.25, -0.2) is 4.79 Å². The lowest BCUT2D eigenvalue weighted by Crippen LogP contribution is -2.35. The second-order valence-corrected chi connectivity index (χ2v) is 11.4. The molecule has 1 fully saturated rings. The molecular weight excluding hydrogens is 462 g/mol. The molecule has 0 saturated heterocycles. The van der Waals surface area contributed by atoms with Crippen molar-refractivity contribution in [3.05, 3.63) is 88.3 Å². The average molecular weight is 500 g/mol. The van der Waals surface area contributed by atoms with E-state index in [4.69, 9.17) is 0 Å². The van der Waals surface area contributed by atoms with Crippen LogP contribution in [0.5, 0.6) is 0 Å². The fourth-order valence-corrected chi connectivity index (χ4v) is 7.03.